The molecule has 1 aromatic rings. The van der Waals surface area contributed by atoms with Crippen LogP contribution in [-0.4, -0.2) is 27.0 Å². The summed E-state index contributed by atoms with van der Waals surface area (Å²) in [5.74, 6) is 0.507. The van der Waals surface area contributed by atoms with Gasteiger partial charge in [-0.3, -0.25) is 4.68 Å². The Hall–Kier alpha value is -0.870. The summed E-state index contributed by atoms with van der Waals surface area (Å²) < 4.78 is 1.96. The van der Waals surface area contributed by atoms with Gasteiger partial charge in [0.05, 0.1) is 11.3 Å². The summed E-state index contributed by atoms with van der Waals surface area (Å²) in [6.07, 6.45) is 2.62. The molecule has 0 aliphatic carbocycles. The maximum atomic E-state index is 10.2. The summed E-state index contributed by atoms with van der Waals surface area (Å²) in [5.41, 5.74) is 0.526. The number of nitrogens with zero attached hydrogens (tertiary/aromatic N) is 2. The third-order valence-electron chi connectivity index (χ3n) is 2.76. The number of nitrogens with one attached hydrogen (secondary N) is 1. The molecular formula is C13H25N3O. The number of aryl methyl sites for hydroxylation is 1. The minimum atomic E-state index is -0.634. The summed E-state index contributed by atoms with van der Waals surface area (Å²) in [7, 11) is 0. The molecule has 17 heavy (non-hydrogen) atoms. The zero-order chi connectivity index (χ0) is 12.9. The predicted octanol–water partition coefficient (Wildman–Crippen LogP) is 1.79. The van der Waals surface area contributed by atoms with E-state index in [9.17, 15) is 5.11 Å². The molecule has 4 nitrogen and oxygen atoms in total. The van der Waals surface area contributed by atoms with Crippen LogP contribution in [0.4, 0.5) is 0 Å². The maximum Gasteiger partial charge on any atom is 0.0746 e. The van der Waals surface area contributed by atoms with Crippen molar-refractivity contribution in [3.63, 3.8) is 0 Å². The first kappa shape index (κ1) is 14.2. The normalized spacial score (nSPS) is 15.2. The zero-order valence-electron chi connectivity index (χ0n) is 11.4. The Kier molecular flexibility index (Phi) is 5.15. The van der Waals surface area contributed by atoms with Gasteiger partial charge in [-0.1, -0.05) is 13.8 Å². The van der Waals surface area contributed by atoms with E-state index in [0.29, 0.717) is 12.5 Å². The van der Waals surface area contributed by atoms with Crippen LogP contribution in [-0.2, 0) is 13.1 Å². The van der Waals surface area contributed by atoms with E-state index in [1.54, 1.807) is 0 Å². The monoisotopic (exact) mass is 239 g/mol. The highest BCUT2D eigenvalue weighted by Gasteiger charge is 2.21. The number of hydrogen-bond donors (Lipinski definition) is 2. The Morgan fingerprint density at radius 2 is 2.24 bits per heavy atom. The van der Waals surface area contributed by atoms with Gasteiger partial charge in [0.2, 0.25) is 0 Å². The molecule has 0 saturated carbocycles. The molecule has 98 valence electrons. The van der Waals surface area contributed by atoms with E-state index in [4.69, 9.17) is 0 Å². The Morgan fingerprint density at radius 3 is 2.82 bits per heavy atom. The Morgan fingerprint density at radius 1 is 1.53 bits per heavy atom. The lowest BCUT2D eigenvalue weighted by Crippen LogP contribution is -2.38. The van der Waals surface area contributed by atoms with Crippen molar-refractivity contribution in [1.82, 2.24) is 15.1 Å². The summed E-state index contributed by atoms with van der Waals surface area (Å²) in [5, 5.41) is 17.7. The van der Waals surface area contributed by atoms with Crippen LogP contribution in [0, 0.1) is 5.92 Å². The van der Waals surface area contributed by atoms with Gasteiger partial charge in [-0.2, -0.15) is 5.10 Å². The summed E-state index contributed by atoms with van der Waals surface area (Å²) in [4.78, 5) is 0. The van der Waals surface area contributed by atoms with Crippen LogP contribution in [0.25, 0.3) is 0 Å². The largest absolute Gasteiger partial charge is 0.389 e. The first-order valence-electron chi connectivity index (χ1n) is 6.38. The highest BCUT2D eigenvalue weighted by molar-refractivity contribution is 5.00. The van der Waals surface area contributed by atoms with Crippen molar-refractivity contribution in [2.45, 2.75) is 52.8 Å². The lowest BCUT2D eigenvalue weighted by Gasteiger charge is -2.25. The molecule has 0 spiro atoms. The number of aromatic nitrogens is 2. The molecule has 4 heteroatoms. The summed E-state index contributed by atoms with van der Waals surface area (Å²) in [6.45, 7) is 10.5. The fraction of sp³-hybridized carbons (Fsp3) is 0.769. The fourth-order valence-electron chi connectivity index (χ4n) is 2.21. The van der Waals surface area contributed by atoms with Gasteiger partial charge in [-0.15, -0.1) is 0 Å². The SMILES string of the molecule is CCn1nccc1CNCC(C)(O)CC(C)C. The van der Waals surface area contributed by atoms with Crippen molar-refractivity contribution in [2.24, 2.45) is 5.92 Å². The van der Waals surface area contributed by atoms with Crippen LogP contribution in [0.15, 0.2) is 12.3 Å². The molecule has 0 aliphatic heterocycles. The van der Waals surface area contributed by atoms with Crippen LogP contribution < -0.4 is 5.32 Å². The molecule has 1 rings (SSSR count). The lowest BCUT2D eigenvalue weighted by atomic mass is 9.94. The standard InChI is InChI=1S/C13H25N3O/c1-5-16-12(6-7-15-16)9-14-10-13(4,17)8-11(2)3/h6-7,11,14,17H,5,8-10H2,1-4H3. The van der Waals surface area contributed by atoms with Crippen molar-refractivity contribution >= 4 is 0 Å². The maximum absolute atomic E-state index is 10.2. The third-order valence-corrected chi connectivity index (χ3v) is 2.76. The molecule has 0 fully saturated rings. The van der Waals surface area contributed by atoms with E-state index < -0.39 is 5.60 Å². The second-order valence-electron chi connectivity index (χ2n) is 5.34. The van der Waals surface area contributed by atoms with E-state index in [2.05, 4.69) is 31.2 Å². The molecule has 1 atom stereocenters. The van der Waals surface area contributed by atoms with Crippen LogP contribution in [0.2, 0.25) is 0 Å². The molecule has 1 unspecified atom stereocenters. The van der Waals surface area contributed by atoms with Crippen molar-refractivity contribution < 1.29 is 5.11 Å². The number of rotatable bonds is 7. The Labute approximate surface area is 104 Å². The molecule has 2 N–H and O–H groups in total. The van der Waals surface area contributed by atoms with Gasteiger partial charge in [-0.05, 0) is 32.3 Å². The van der Waals surface area contributed by atoms with E-state index >= 15 is 0 Å². The Bertz CT molecular complexity index is 331. The number of aliphatic hydroxyl groups is 1. The second-order valence-corrected chi connectivity index (χ2v) is 5.34. The average Bonchev–Trinajstić information content (AvgIpc) is 2.62. The van der Waals surface area contributed by atoms with Crippen LogP contribution in [0.1, 0.15) is 39.8 Å². The topological polar surface area (TPSA) is 50.1 Å². The highest BCUT2D eigenvalue weighted by Crippen LogP contribution is 2.15. The van der Waals surface area contributed by atoms with Gasteiger partial charge in [-0.25, -0.2) is 0 Å². The van der Waals surface area contributed by atoms with Gasteiger partial charge in [0, 0.05) is 25.8 Å². The molecule has 0 radical (unpaired) electrons. The molecule has 0 aliphatic rings. The minimum absolute atomic E-state index is 0.507. The molecule has 0 saturated heterocycles. The average molecular weight is 239 g/mol. The second kappa shape index (κ2) is 6.17. The van der Waals surface area contributed by atoms with Crippen LogP contribution in [0.3, 0.4) is 0 Å². The van der Waals surface area contributed by atoms with Crippen LogP contribution >= 0.6 is 0 Å². The van der Waals surface area contributed by atoms with Gasteiger partial charge >= 0.3 is 0 Å². The van der Waals surface area contributed by atoms with Crippen LogP contribution in [0.5, 0.6) is 0 Å². The van der Waals surface area contributed by atoms with E-state index in [0.717, 1.165) is 25.2 Å². The predicted molar refractivity (Wildman–Crippen MR) is 69.7 cm³/mol. The zero-order valence-corrected chi connectivity index (χ0v) is 11.4. The lowest BCUT2D eigenvalue weighted by molar-refractivity contribution is 0.0382. The highest BCUT2D eigenvalue weighted by atomic mass is 16.3. The van der Waals surface area contributed by atoms with Gasteiger partial charge in [0.15, 0.2) is 0 Å². The molecule has 0 bridgehead atoms. The fourth-order valence-corrected chi connectivity index (χ4v) is 2.21. The first-order chi connectivity index (χ1) is 7.94. The third kappa shape index (κ3) is 4.88. The van der Waals surface area contributed by atoms with Crippen molar-refractivity contribution in [3.8, 4) is 0 Å². The van der Waals surface area contributed by atoms with Gasteiger partial charge in [0.25, 0.3) is 0 Å². The quantitative estimate of drug-likeness (QED) is 0.762. The minimum Gasteiger partial charge on any atom is -0.389 e. The smallest absolute Gasteiger partial charge is 0.0746 e. The van der Waals surface area contributed by atoms with Gasteiger partial charge in [0.1, 0.15) is 0 Å². The summed E-state index contributed by atoms with van der Waals surface area (Å²) in [6, 6.07) is 2.01. The van der Waals surface area contributed by atoms with E-state index in [1.807, 2.05) is 23.9 Å². The molecule has 1 aromatic heterocycles. The molecule has 1 heterocycles. The molecule has 0 aromatic carbocycles. The van der Waals surface area contributed by atoms with Gasteiger partial charge < -0.3 is 10.4 Å². The van der Waals surface area contributed by atoms with E-state index in [-0.39, 0.29) is 0 Å². The first-order valence-corrected chi connectivity index (χ1v) is 6.38. The molecule has 0 amide bonds. The van der Waals surface area contributed by atoms with E-state index in [1.165, 1.54) is 0 Å². The Balaban J connectivity index is 2.37. The van der Waals surface area contributed by atoms with Crippen molar-refractivity contribution in [3.05, 3.63) is 18.0 Å². The van der Waals surface area contributed by atoms with Crippen molar-refractivity contribution in [1.29, 1.82) is 0 Å². The van der Waals surface area contributed by atoms with Crippen molar-refractivity contribution in [2.75, 3.05) is 6.54 Å². The molecular weight excluding hydrogens is 214 g/mol. The number of hydrogen-bond acceptors (Lipinski definition) is 3. The summed E-state index contributed by atoms with van der Waals surface area (Å²) >= 11 is 0.